The van der Waals surface area contributed by atoms with E-state index in [0.717, 1.165) is 35.9 Å². The third-order valence-electron chi connectivity index (χ3n) is 6.03. The molecule has 2 N–H and O–H groups in total. The van der Waals surface area contributed by atoms with Crippen molar-refractivity contribution in [2.24, 2.45) is 17.8 Å². The maximum atomic E-state index is 13.1. The van der Waals surface area contributed by atoms with Crippen molar-refractivity contribution in [1.82, 2.24) is 15.1 Å². The topological polar surface area (TPSA) is 69.2 Å². The molecule has 5 rings (SSSR count). The number of H-pyrrole nitrogens is 1. The number of carbonyl (C=O) groups excluding carboxylic acids is 1. The minimum Gasteiger partial charge on any atom is -0.391 e. The number of likely N-dealkylation sites (tertiary alicyclic amines) is 1. The van der Waals surface area contributed by atoms with Crippen LogP contribution in [0.4, 0.5) is 0 Å². The van der Waals surface area contributed by atoms with Gasteiger partial charge in [-0.05, 0) is 55.2 Å². The number of fused-ring (bicyclic) bond motifs is 2. The molecule has 22 heavy (non-hydrogen) atoms. The molecule has 1 aliphatic heterocycles. The molecule has 3 fully saturated rings. The molecule has 5 nitrogen and oxygen atoms in total. The minimum atomic E-state index is -0.338. The van der Waals surface area contributed by atoms with Gasteiger partial charge in [0.05, 0.1) is 29.4 Å². The Bertz CT molecular complexity index is 781. The largest absolute Gasteiger partial charge is 0.391 e. The molecule has 5 unspecified atom stereocenters. The zero-order chi connectivity index (χ0) is 15.0. The second-order valence-electron chi connectivity index (χ2n) is 7.24. The fourth-order valence-electron chi connectivity index (χ4n) is 5.18. The fraction of sp³-hybridized carbons (Fsp3) is 0.529. The number of nitrogens with one attached hydrogen (secondary N) is 1. The number of aliphatic hydroxyl groups is 1. The molecule has 114 valence electrons. The summed E-state index contributed by atoms with van der Waals surface area (Å²) in [6.45, 7) is 2.79. The third kappa shape index (κ3) is 1.47. The van der Waals surface area contributed by atoms with E-state index in [-0.39, 0.29) is 18.1 Å². The number of aliphatic hydroxyl groups excluding tert-OH is 1. The van der Waals surface area contributed by atoms with Crippen molar-refractivity contribution in [3.05, 3.63) is 29.5 Å². The number of hydrogen-bond donors (Lipinski definition) is 2. The molecular formula is C17H19N3O2. The molecule has 0 spiro atoms. The van der Waals surface area contributed by atoms with Crippen LogP contribution in [0.25, 0.3) is 10.9 Å². The lowest BCUT2D eigenvalue weighted by molar-refractivity contribution is 0.0403. The lowest BCUT2D eigenvalue weighted by Crippen LogP contribution is -2.43. The molecule has 1 aromatic heterocycles. The van der Waals surface area contributed by atoms with Crippen molar-refractivity contribution < 1.29 is 9.90 Å². The van der Waals surface area contributed by atoms with Crippen LogP contribution < -0.4 is 0 Å². The van der Waals surface area contributed by atoms with Crippen LogP contribution in [0.1, 0.15) is 28.8 Å². The van der Waals surface area contributed by atoms with E-state index in [4.69, 9.17) is 0 Å². The molecule has 3 aliphatic rings. The van der Waals surface area contributed by atoms with Crippen LogP contribution in [-0.2, 0) is 0 Å². The predicted molar refractivity (Wildman–Crippen MR) is 81.4 cm³/mol. The number of benzene rings is 1. The van der Waals surface area contributed by atoms with Gasteiger partial charge < -0.3 is 10.0 Å². The van der Waals surface area contributed by atoms with Crippen molar-refractivity contribution in [2.45, 2.75) is 31.9 Å². The highest BCUT2D eigenvalue weighted by Crippen LogP contribution is 2.55. The van der Waals surface area contributed by atoms with Gasteiger partial charge in [-0.25, -0.2) is 0 Å². The predicted octanol–water partition coefficient (Wildman–Crippen LogP) is 1.71. The van der Waals surface area contributed by atoms with Crippen LogP contribution in [0.5, 0.6) is 0 Å². The first-order chi connectivity index (χ1) is 10.6. The van der Waals surface area contributed by atoms with Crippen molar-refractivity contribution in [3.63, 3.8) is 0 Å². The van der Waals surface area contributed by atoms with Crippen molar-refractivity contribution in [3.8, 4) is 0 Å². The highest BCUT2D eigenvalue weighted by Gasteiger charge is 2.60. The van der Waals surface area contributed by atoms with Crippen LogP contribution in [0.15, 0.2) is 18.3 Å². The molecule has 2 heterocycles. The summed E-state index contributed by atoms with van der Waals surface area (Å²) in [6.07, 6.45) is 3.59. The maximum absolute atomic E-state index is 13.1. The fourth-order valence-corrected chi connectivity index (χ4v) is 5.18. The first kappa shape index (κ1) is 12.6. The van der Waals surface area contributed by atoms with Crippen LogP contribution in [-0.4, -0.2) is 44.8 Å². The highest BCUT2D eigenvalue weighted by atomic mass is 16.3. The molecule has 2 bridgehead atoms. The van der Waals surface area contributed by atoms with Crippen molar-refractivity contribution in [1.29, 1.82) is 0 Å². The van der Waals surface area contributed by atoms with Gasteiger partial charge in [-0.3, -0.25) is 9.89 Å². The molecule has 2 aromatic rings. The van der Waals surface area contributed by atoms with Crippen LogP contribution in [0, 0.1) is 24.7 Å². The standard InChI is InChI=1S/C17H19N3O2/c1-8-2-10-6-18-19-14(10)13(3-8)17(22)20-7-11-4-9-5-12(11)15(20)16(9)21/h2-3,6,9,11-12,15-16,21H,4-5,7H2,1H3,(H,18,19). The van der Waals surface area contributed by atoms with Crippen LogP contribution in [0.2, 0.25) is 0 Å². The summed E-state index contributed by atoms with van der Waals surface area (Å²) in [5.41, 5.74) is 2.55. The number of nitrogens with zero attached hydrogens (tertiary/aromatic N) is 2. The first-order valence-electron chi connectivity index (χ1n) is 8.06. The third-order valence-corrected chi connectivity index (χ3v) is 6.03. The molecule has 2 saturated carbocycles. The lowest BCUT2D eigenvalue weighted by atomic mass is 9.88. The van der Waals surface area contributed by atoms with E-state index in [2.05, 4.69) is 10.2 Å². The number of carbonyl (C=O) groups is 1. The van der Waals surface area contributed by atoms with E-state index >= 15 is 0 Å². The monoisotopic (exact) mass is 297 g/mol. The number of aromatic nitrogens is 2. The van der Waals surface area contributed by atoms with Gasteiger partial charge in [0.15, 0.2) is 0 Å². The number of hydrogen-bond acceptors (Lipinski definition) is 3. The molecule has 2 aliphatic carbocycles. The Balaban J connectivity index is 1.58. The van der Waals surface area contributed by atoms with E-state index in [0.29, 0.717) is 23.3 Å². The second-order valence-corrected chi connectivity index (χ2v) is 7.24. The quantitative estimate of drug-likeness (QED) is 0.842. The SMILES string of the molecule is Cc1cc(C(=O)N2CC3CC4CC3C2C4O)c2[nH]ncc2c1. The van der Waals surface area contributed by atoms with Gasteiger partial charge in [0, 0.05) is 11.9 Å². The van der Waals surface area contributed by atoms with Crippen LogP contribution >= 0.6 is 0 Å². The summed E-state index contributed by atoms with van der Waals surface area (Å²) in [6, 6.07) is 3.99. The summed E-state index contributed by atoms with van der Waals surface area (Å²) >= 11 is 0. The lowest BCUT2D eigenvalue weighted by Gasteiger charge is -2.29. The normalized spacial score (nSPS) is 35.7. The number of aromatic amines is 1. The second kappa shape index (κ2) is 4.10. The van der Waals surface area contributed by atoms with Gasteiger partial charge in [-0.2, -0.15) is 5.10 Å². The molecule has 5 heteroatoms. The smallest absolute Gasteiger partial charge is 0.256 e. The summed E-state index contributed by atoms with van der Waals surface area (Å²) in [5.74, 6) is 1.54. The highest BCUT2D eigenvalue weighted by molar-refractivity contribution is 6.06. The number of amides is 1. The van der Waals surface area contributed by atoms with Gasteiger partial charge in [-0.15, -0.1) is 0 Å². The molecule has 1 aromatic carbocycles. The van der Waals surface area contributed by atoms with Crippen molar-refractivity contribution in [2.75, 3.05) is 6.54 Å². The average molecular weight is 297 g/mol. The number of rotatable bonds is 1. The Morgan fingerprint density at radius 1 is 1.36 bits per heavy atom. The van der Waals surface area contributed by atoms with Gasteiger partial charge in [0.1, 0.15) is 0 Å². The molecule has 1 amide bonds. The minimum absolute atomic E-state index is 0.0229. The Labute approximate surface area is 128 Å². The van der Waals surface area contributed by atoms with E-state index < -0.39 is 0 Å². The summed E-state index contributed by atoms with van der Waals surface area (Å²) in [7, 11) is 0. The molecular weight excluding hydrogens is 278 g/mol. The Kier molecular flexibility index (Phi) is 2.36. The summed E-state index contributed by atoms with van der Waals surface area (Å²) in [4.78, 5) is 15.1. The maximum Gasteiger partial charge on any atom is 0.256 e. The van der Waals surface area contributed by atoms with E-state index in [1.807, 2.05) is 24.0 Å². The average Bonchev–Trinajstić information content (AvgIpc) is 3.19. The van der Waals surface area contributed by atoms with Crippen LogP contribution in [0.3, 0.4) is 0 Å². The molecule has 5 atom stereocenters. The molecule has 1 saturated heterocycles. The zero-order valence-electron chi connectivity index (χ0n) is 12.5. The van der Waals surface area contributed by atoms with E-state index in [9.17, 15) is 9.90 Å². The van der Waals surface area contributed by atoms with E-state index in [1.165, 1.54) is 0 Å². The zero-order valence-corrected chi connectivity index (χ0v) is 12.5. The van der Waals surface area contributed by atoms with Gasteiger partial charge >= 0.3 is 0 Å². The molecule has 0 radical (unpaired) electrons. The Morgan fingerprint density at radius 2 is 2.23 bits per heavy atom. The van der Waals surface area contributed by atoms with E-state index in [1.54, 1.807) is 6.20 Å². The van der Waals surface area contributed by atoms with Gasteiger partial charge in [-0.1, -0.05) is 0 Å². The Morgan fingerprint density at radius 3 is 3.05 bits per heavy atom. The Hall–Kier alpha value is -1.88. The first-order valence-corrected chi connectivity index (χ1v) is 8.06. The van der Waals surface area contributed by atoms with Gasteiger partial charge in [0.2, 0.25) is 0 Å². The van der Waals surface area contributed by atoms with Crippen molar-refractivity contribution >= 4 is 16.8 Å². The van der Waals surface area contributed by atoms with Gasteiger partial charge in [0.25, 0.3) is 5.91 Å². The number of aryl methyl sites for hydroxylation is 1. The summed E-state index contributed by atoms with van der Waals surface area (Å²) in [5, 5.41) is 18.5. The summed E-state index contributed by atoms with van der Waals surface area (Å²) < 4.78 is 0.